The van der Waals surface area contributed by atoms with E-state index in [0.717, 1.165) is 6.42 Å². The zero-order valence-electron chi connectivity index (χ0n) is 24.4. The van der Waals surface area contributed by atoms with Crippen LogP contribution in [0, 0.1) is 17.2 Å². The summed E-state index contributed by atoms with van der Waals surface area (Å²) in [5, 5.41) is 40.1. The molecule has 2 fully saturated rings. The molecule has 234 valence electrons. The lowest BCUT2D eigenvalue weighted by molar-refractivity contribution is -0.241. The number of anilines is 2. The Balaban J connectivity index is 1.41. The predicted octanol–water partition coefficient (Wildman–Crippen LogP) is 1.59. The van der Waals surface area contributed by atoms with Gasteiger partial charge in [-0.3, -0.25) is 14.3 Å². The van der Waals surface area contributed by atoms with Gasteiger partial charge < -0.3 is 34.6 Å². The number of rotatable bonds is 6. The second-order valence-electron chi connectivity index (χ2n) is 11.1. The lowest BCUT2D eigenvalue weighted by atomic mass is 9.92. The topological polar surface area (TPSA) is 178 Å². The maximum absolute atomic E-state index is 13.8. The Hall–Kier alpha value is -4.00. The van der Waals surface area contributed by atoms with Gasteiger partial charge in [-0.15, -0.1) is 0 Å². The normalized spacial score (nSPS) is 25.4. The number of carbonyl (C=O) groups excluding carboxylic acids is 2. The second kappa shape index (κ2) is 12.9. The van der Waals surface area contributed by atoms with Crippen LogP contribution >= 0.6 is 11.6 Å². The van der Waals surface area contributed by atoms with Crippen LogP contribution in [0.2, 0.25) is 5.02 Å². The van der Waals surface area contributed by atoms with E-state index in [1.165, 1.54) is 35.0 Å². The Morgan fingerprint density at radius 3 is 2.73 bits per heavy atom. The number of likely N-dealkylation sites (tertiary alicyclic amines) is 1. The fraction of sp³-hybridized carbons (Fsp3) is 0.483. The van der Waals surface area contributed by atoms with E-state index in [9.17, 15) is 24.9 Å². The van der Waals surface area contributed by atoms with Crippen molar-refractivity contribution in [3.8, 4) is 11.8 Å². The molecule has 0 spiro atoms. The first-order chi connectivity index (χ1) is 21.0. The van der Waals surface area contributed by atoms with Crippen LogP contribution in [0.3, 0.4) is 0 Å². The highest BCUT2D eigenvalue weighted by Crippen LogP contribution is 2.35. The summed E-state index contributed by atoms with van der Waals surface area (Å²) >= 11 is 6.27. The number of aliphatic hydroxyl groups is 3. The number of amides is 2. The number of ether oxygens (including phenoxy) is 2. The van der Waals surface area contributed by atoms with Gasteiger partial charge in [-0.25, -0.2) is 14.8 Å². The molecule has 1 unspecified atom stereocenters. The highest BCUT2D eigenvalue weighted by atomic mass is 35.5. The molecular formula is C29H34ClN7O7. The Kier molecular flexibility index (Phi) is 9.23. The quantitative estimate of drug-likeness (QED) is 0.361. The van der Waals surface area contributed by atoms with Gasteiger partial charge in [0.1, 0.15) is 42.6 Å². The number of hydrogen-bond acceptors (Lipinski definition) is 11. The standard InChI is InChI=1S/C29H34ClN7O7/c1-16-7-10-36(23(39)6-9-31)13-20(16)34(2)26-18-8-11-37(27(18)33-15-32-26)29(42)35(3)19-12-17(30)4-5-22(19)44-28-25(41)24(40)21(38)14-43-28/h4-5,8,11-12,15-16,20-21,24-25,28,38,40-41H,6-7,10,13-14H2,1-3H3/t16-,20?,21-,24+,25-,28+/m1/s1. The number of hydrogen-bond donors (Lipinski definition) is 3. The second-order valence-corrected chi connectivity index (χ2v) is 11.5. The minimum Gasteiger partial charge on any atom is -0.460 e. The summed E-state index contributed by atoms with van der Waals surface area (Å²) in [5.41, 5.74) is 0.609. The van der Waals surface area contributed by atoms with E-state index in [1.807, 2.05) is 18.0 Å². The molecule has 3 aromatic rings. The summed E-state index contributed by atoms with van der Waals surface area (Å²) in [4.78, 5) is 40.2. The Morgan fingerprint density at radius 2 is 1.98 bits per heavy atom. The maximum Gasteiger partial charge on any atom is 0.334 e. The fourth-order valence-corrected chi connectivity index (χ4v) is 5.78. The van der Waals surface area contributed by atoms with Crippen LogP contribution in [0.25, 0.3) is 11.0 Å². The smallest absolute Gasteiger partial charge is 0.334 e. The average Bonchev–Trinajstić information content (AvgIpc) is 3.45. The molecule has 6 atom stereocenters. The Morgan fingerprint density at radius 1 is 1.20 bits per heavy atom. The molecule has 2 aromatic heterocycles. The molecule has 2 saturated heterocycles. The summed E-state index contributed by atoms with van der Waals surface area (Å²) in [7, 11) is 3.41. The van der Waals surface area contributed by atoms with Crippen molar-refractivity contribution >= 4 is 46.1 Å². The van der Waals surface area contributed by atoms with E-state index in [1.54, 1.807) is 23.2 Å². The van der Waals surface area contributed by atoms with Gasteiger partial charge in [0.25, 0.3) is 0 Å². The lowest BCUT2D eigenvalue weighted by Crippen LogP contribution is -2.54. The van der Waals surface area contributed by atoms with Gasteiger partial charge in [-0.2, -0.15) is 5.26 Å². The van der Waals surface area contributed by atoms with Crippen molar-refractivity contribution in [2.75, 3.05) is 43.6 Å². The summed E-state index contributed by atoms with van der Waals surface area (Å²) in [5.74, 6) is 0.772. The number of nitriles is 1. The fourth-order valence-electron chi connectivity index (χ4n) is 5.61. The van der Waals surface area contributed by atoms with E-state index >= 15 is 0 Å². The molecular weight excluding hydrogens is 594 g/mol. The third-order valence-corrected chi connectivity index (χ3v) is 8.50. The van der Waals surface area contributed by atoms with Gasteiger partial charge in [0.05, 0.1) is 29.8 Å². The highest BCUT2D eigenvalue weighted by Gasteiger charge is 2.39. The minimum absolute atomic E-state index is 0.0747. The Labute approximate surface area is 258 Å². The number of aromatic nitrogens is 3. The van der Waals surface area contributed by atoms with Gasteiger partial charge in [0, 0.05) is 38.4 Å². The van der Waals surface area contributed by atoms with Gasteiger partial charge >= 0.3 is 6.03 Å². The van der Waals surface area contributed by atoms with E-state index in [4.69, 9.17) is 26.3 Å². The number of likely N-dealkylation sites (N-methyl/N-ethyl adjacent to an activating group) is 1. The summed E-state index contributed by atoms with van der Waals surface area (Å²) in [6.45, 7) is 2.89. The summed E-state index contributed by atoms with van der Waals surface area (Å²) in [6.07, 6.45) is -2.01. The molecule has 2 amide bonds. The number of nitrogens with zero attached hydrogens (tertiary/aromatic N) is 7. The molecule has 0 bridgehead atoms. The van der Waals surface area contributed by atoms with E-state index in [2.05, 4.69) is 16.9 Å². The van der Waals surface area contributed by atoms with Gasteiger partial charge in [-0.05, 0) is 36.6 Å². The van der Waals surface area contributed by atoms with Crippen molar-refractivity contribution in [1.29, 1.82) is 5.26 Å². The van der Waals surface area contributed by atoms with Crippen molar-refractivity contribution in [3.05, 3.63) is 41.8 Å². The van der Waals surface area contributed by atoms with Crippen LogP contribution in [-0.4, -0.2) is 111 Å². The third kappa shape index (κ3) is 6.01. The third-order valence-electron chi connectivity index (χ3n) is 8.27. The molecule has 44 heavy (non-hydrogen) atoms. The number of aliphatic hydroxyl groups excluding tert-OH is 3. The number of piperidine rings is 1. The molecule has 0 radical (unpaired) electrons. The van der Waals surface area contributed by atoms with Crippen LogP contribution < -0.4 is 14.5 Å². The molecule has 15 heteroatoms. The van der Waals surface area contributed by atoms with Crippen LogP contribution in [0.5, 0.6) is 5.75 Å². The van der Waals surface area contributed by atoms with Crippen molar-refractivity contribution in [2.45, 2.75) is 50.4 Å². The number of halogens is 1. The van der Waals surface area contributed by atoms with Gasteiger partial charge in [-0.1, -0.05) is 18.5 Å². The maximum atomic E-state index is 13.8. The molecule has 1 aromatic carbocycles. The van der Waals surface area contributed by atoms with Crippen LogP contribution in [0.4, 0.5) is 16.3 Å². The average molecular weight is 628 g/mol. The van der Waals surface area contributed by atoms with Crippen LogP contribution in [-0.2, 0) is 9.53 Å². The highest BCUT2D eigenvalue weighted by molar-refractivity contribution is 6.31. The van der Waals surface area contributed by atoms with E-state index in [-0.39, 0.29) is 42.3 Å². The molecule has 4 heterocycles. The van der Waals surface area contributed by atoms with E-state index < -0.39 is 30.6 Å². The molecule has 14 nitrogen and oxygen atoms in total. The first-order valence-electron chi connectivity index (χ1n) is 14.1. The molecule has 2 aliphatic rings. The molecule has 5 rings (SSSR count). The summed E-state index contributed by atoms with van der Waals surface area (Å²) in [6, 6.07) is 7.66. The Bertz CT molecular complexity index is 1580. The largest absolute Gasteiger partial charge is 0.460 e. The minimum atomic E-state index is -1.53. The molecule has 3 N–H and O–H groups in total. The molecule has 0 saturated carbocycles. The van der Waals surface area contributed by atoms with E-state index in [0.29, 0.717) is 35.0 Å². The zero-order chi connectivity index (χ0) is 31.7. The first-order valence-corrected chi connectivity index (χ1v) is 14.5. The van der Waals surface area contributed by atoms with Crippen molar-refractivity contribution in [2.24, 2.45) is 5.92 Å². The number of fused-ring (bicyclic) bond motifs is 1. The van der Waals surface area contributed by atoms with Crippen molar-refractivity contribution in [1.82, 2.24) is 19.4 Å². The lowest BCUT2D eigenvalue weighted by Gasteiger charge is -2.42. The first kappa shape index (κ1) is 31.4. The SMILES string of the molecule is C[C@@H]1CCN(C(=O)CC#N)CC1N(C)c1ncnc2c1ccn2C(=O)N(C)c1cc(Cl)ccc1O[C@@H]1OC[C@@H](O)[C@H](O)[C@H]1O. The monoisotopic (exact) mass is 627 g/mol. The zero-order valence-corrected chi connectivity index (χ0v) is 25.2. The van der Waals surface area contributed by atoms with Gasteiger partial charge in [0.15, 0.2) is 5.65 Å². The van der Waals surface area contributed by atoms with Crippen molar-refractivity contribution in [3.63, 3.8) is 0 Å². The van der Waals surface area contributed by atoms with Crippen LogP contribution in [0.1, 0.15) is 19.8 Å². The summed E-state index contributed by atoms with van der Waals surface area (Å²) < 4.78 is 12.6. The number of benzene rings is 1. The molecule has 2 aliphatic heterocycles. The van der Waals surface area contributed by atoms with Crippen LogP contribution in [0.15, 0.2) is 36.8 Å². The van der Waals surface area contributed by atoms with Crippen molar-refractivity contribution < 1.29 is 34.4 Å². The number of carbonyl (C=O) groups is 2. The molecule has 0 aliphatic carbocycles. The van der Waals surface area contributed by atoms with Gasteiger partial charge in [0.2, 0.25) is 12.2 Å². The predicted molar refractivity (Wildman–Crippen MR) is 159 cm³/mol.